The second-order valence-electron chi connectivity index (χ2n) is 7.56. The van der Waals surface area contributed by atoms with Crippen LogP contribution < -0.4 is 20.1 Å². The van der Waals surface area contributed by atoms with E-state index in [1.165, 1.54) is 19.3 Å². The Labute approximate surface area is 171 Å². The molecule has 1 aliphatic carbocycles. The first kappa shape index (κ1) is 21.0. The molecule has 7 heteroatoms. The Morgan fingerprint density at radius 3 is 2.31 bits per heavy atom. The summed E-state index contributed by atoms with van der Waals surface area (Å²) in [5, 5.41) is 5.53. The van der Waals surface area contributed by atoms with E-state index in [9.17, 15) is 9.59 Å². The van der Waals surface area contributed by atoms with E-state index in [-0.39, 0.29) is 18.1 Å². The van der Waals surface area contributed by atoms with Crippen LogP contribution in [0.15, 0.2) is 29.5 Å². The summed E-state index contributed by atoms with van der Waals surface area (Å²) in [7, 11) is 3.11. The van der Waals surface area contributed by atoms with E-state index >= 15 is 0 Å². The van der Waals surface area contributed by atoms with Crippen molar-refractivity contribution in [3.05, 3.63) is 35.0 Å². The molecule has 2 N–H and O–H groups in total. The normalized spacial score (nSPS) is 20.8. The summed E-state index contributed by atoms with van der Waals surface area (Å²) in [5.74, 6) is 0.722. The first-order valence-electron chi connectivity index (χ1n) is 10.2. The molecule has 1 atom stereocenters. The van der Waals surface area contributed by atoms with Gasteiger partial charge in [0.2, 0.25) is 0 Å². The van der Waals surface area contributed by atoms with Gasteiger partial charge in [-0.15, -0.1) is 0 Å². The molecule has 158 valence electrons. The fourth-order valence-electron chi connectivity index (χ4n) is 4.00. The number of amides is 2. The van der Waals surface area contributed by atoms with Gasteiger partial charge in [-0.25, -0.2) is 9.59 Å². The first-order chi connectivity index (χ1) is 14.0. The average molecular weight is 402 g/mol. The summed E-state index contributed by atoms with van der Waals surface area (Å²) < 4.78 is 16.5. The Morgan fingerprint density at radius 2 is 1.66 bits per heavy atom. The zero-order valence-electron chi connectivity index (χ0n) is 17.4. The van der Waals surface area contributed by atoms with Crippen LogP contribution in [-0.2, 0) is 9.53 Å². The van der Waals surface area contributed by atoms with E-state index < -0.39 is 6.04 Å². The van der Waals surface area contributed by atoms with Crippen molar-refractivity contribution in [2.75, 3.05) is 14.2 Å². The number of carbonyl (C=O) groups is 2. The number of ether oxygens (including phenoxy) is 3. The Balaban J connectivity index is 1.86. The monoisotopic (exact) mass is 402 g/mol. The van der Waals surface area contributed by atoms with Crippen LogP contribution >= 0.6 is 0 Å². The largest absolute Gasteiger partial charge is 0.493 e. The number of carbonyl (C=O) groups excluding carboxylic acids is 2. The van der Waals surface area contributed by atoms with Crippen LogP contribution in [0.1, 0.15) is 63.5 Å². The molecule has 0 saturated heterocycles. The lowest BCUT2D eigenvalue weighted by Gasteiger charge is -2.30. The summed E-state index contributed by atoms with van der Waals surface area (Å²) in [5.41, 5.74) is 1.64. The van der Waals surface area contributed by atoms with Crippen molar-refractivity contribution >= 4 is 12.0 Å². The second kappa shape index (κ2) is 9.67. The number of rotatable bonds is 5. The predicted molar refractivity (Wildman–Crippen MR) is 109 cm³/mol. The third kappa shape index (κ3) is 5.02. The SMILES string of the molecule is COc1ccc([C@H]2NC(=O)NC(C)=C2C(=O)OC2CCCCCCC2)cc1OC. The van der Waals surface area contributed by atoms with E-state index in [1.54, 1.807) is 33.3 Å². The highest BCUT2D eigenvalue weighted by Crippen LogP contribution is 2.35. The highest BCUT2D eigenvalue weighted by molar-refractivity contribution is 5.95. The Bertz CT molecular complexity index is 781. The Morgan fingerprint density at radius 1 is 1.00 bits per heavy atom. The number of methoxy groups -OCH3 is 2. The number of benzene rings is 1. The van der Waals surface area contributed by atoms with Crippen LogP contribution in [0.2, 0.25) is 0 Å². The van der Waals surface area contributed by atoms with E-state index in [0.717, 1.165) is 31.2 Å². The Kier molecular flexibility index (Phi) is 7.01. The summed E-state index contributed by atoms with van der Waals surface area (Å²) >= 11 is 0. The summed E-state index contributed by atoms with van der Waals surface area (Å²) in [6.45, 7) is 1.72. The van der Waals surface area contributed by atoms with E-state index in [0.29, 0.717) is 22.8 Å². The molecule has 0 aromatic heterocycles. The van der Waals surface area contributed by atoms with Crippen molar-refractivity contribution in [2.24, 2.45) is 0 Å². The topological polar surface area (TPSA) is 85.9 Å². The maximum Gasteiger partial charge on any atom is 0.338 e. The average Bonchev–Trinajstić information content (AvgIpc) is 2.68. The fraction of sp³-hybridized carbons (Fsp3) is 0.545. The molecule has 0 bridgehead atoms. The van der Waals surface area contributed by atoms with Gasteiger partial charge in [-0.3, -0.25) is 0 Å². The molecule has 2 amide bonds. The number of allylic oxidation sites excluding steroid dienone is 1. The van der Waals surface area contributed by atoms with Gasteiger partial charge in [-0.1, -0.05) is 25.3 Å². The molecule has 29 heavy (non-hydrogen) atoms. The van der Waals surface area contributed by atoms with Crippen LogP contribution in [0.5, 0.6) is 11.5 Å². The van der Waals surface area contributed by atoms with Crippen LogP contribution in [-0.4, -0.2) is 32.3 Å². The molecular weight excluding hydrogens is 372 g/mol. The minimum atomic E-state index is -0.621. The minimum Gasteiger partial charge on any atom is -0.493 e. The fourth-order valence-corrected chi connectivity index (χ4v) is 4.00. The van der Waals surface area contributed by atoms with E-state index in [2.05, 4.69) is 10.6 Å². The molecule has 2 aliphatic rings. The van der Waals surface area contributed by atoms with Crippen molar-refractivity contribution in [1.29, 1.82) is 0 Å². The number of hydrogen-bond acceptors (Lipinski definition) is 5. The lowest BCUT2D eigenvalue weighted by molar-refractivity contribution is -0.145. The van der Waals surface area contributed by atoms with Gasteiger partial charge >= 0.3 is 12.0 Å². The molecule has 1 fully saturated rings. The zero-order chi connectivity index (χ0) is 20.8. The van der Waals surface area contributed by atoms with Crippen LogP contribution in [0, 0.1) is 0 Å². The molecule has 1 aliphatic heterocycles. The summed E-state index contributed by atoms with van der Waals surface area (Å²) in [6, 6.07) is 4.36. The molecule has 0 radical (unpaired) electrons. The number of urea groups is 1. The molecule has 1 saturated carbocycles. The molecule has 1 aromatic rings. The molecule has 3 rings (SSSR count). The van der Waals surface area contributed by atoms with Crippen molar-refractivity contribution < 1.29 is 23.8 Å². The van der Waals surface area contributed by atoms with Gasteiger partial charge < -0.3 is 24.8 Å². The molecule has 1 aromatic carbocycles. The third-order valence-electron chi connectivity index (χ3n) is 5.56. The quantitative estimate of drug-likeness (QED) is 0.728. The highest BCUT2D eigenvalue weighted by atomic mass is 16.5. The second-order valence-corrected chi connectivity index (χ2v) is 7.56. The van der Waals surface area contributed by atoms with Gasteiger partial charge in [0.25, 0.3) is 0 Å². The summed E-state index contributed by atoms with van der Waals surface area (Å²) in [6.07, 6.45) is 7.46. The Hall–Kier alpha value is -2.70. The van der Waals surface area contributed by atoms with Gasteiger partial charge in [0, 0.05) is 5.70 Å². The predicted octanol–water partition coefficient (Wildman–Crippen LogP) is 3.99. The number of esters is 1. The molecule has 7 nitrogen and oxygen atoms in total. The number of hydrogen-bond donors (Lipinski definition) is 2. The van der Waals surface area contributed by atoms with Crippen molar-refractivity contribution in [2.45, 2.75) is 64.0 Å². The van der Waals surface area contributed by atoms with Crippen molar-refractivity contribution in [3.63, 3.8) is 0 Å². The van der Waals surface area contributed by atoms with Crippen LogP contribution in [0.4, 0.5) is 4.79 Å². The molecule has 0 unspecified atom stereocenters. The minimum absolute atomic E-state index is 0.0771. The van der Waals surface area contributed by atoms with Crippen molar-refractivity contribution in [1.82, 2.24) is 10.6 Å². The van der Waals surface area contributed by atoms with Crippen molar-refractivity contribution in [3.8, 4) is 11.5 Å². The van der Waals surface area contributed by atoms with E-state index in [1.807, 2.05) is 6.07 Å². The summed E-state index contributed by atoms with van der Waals surface area (Å²) in [4.78, 5) is 25.2. The van der Waals surface area contributed by atoms with Gasteiger partial charge in [0.1, 0.15) is 6.10 Å². The lowest BCUT2D eigenvalue weighted by Crippen LogP contribution is -2.45. The van der Waals surface area contributed by atoms with Gasteiger partial charge in [-0.05, 0) is 50.3 Å². The standard InChI is InChI=1S/C22H30N2O5/c1-14-19(21(25)29-16-9-7-5-4-6-8-10-16)20(24-22(26)23-14)15-11-12-17(27-2)18(13-15)28-3/h11-13,16,20H,4-10H2,1-3H3,(H2,23,24,26)/t20-/m1/s1. The third-order valence-corrected chi connectivity index (χ3v) is 5.56. The van der Waals surface area contributed by atoms with Crippen LogP contribution in [0.25, 0.3) is 0 Å². The number of nitrogens with one attached hydrogen (secondary N) is 2. The van der Waals surface area contributed by atoms with E-state index in [4.69, 9.17) is 14.2 Å². The van der Waals surface area contributed by atoms with Crippen LogP contribution in [0.3, 0.4) is 0 Å². The van der Waals surface area contributed by atoms with Gasteiger partial charge in [-0.2, -0.15) is 0 Å². The van der Waals surface area contributed by atoms with Gasteiger partial charge in [0.05, 0.1) is 25.8 Å². The zero-order valence-corrected chi connectivity index (χ0v) is 17.4. The molecular formula is C22H30N2O5. The molecule has 0 spiro atoms. The first-order valence-corrected chi connectivity index (χ1v) is 10.2. The smallest absolute Gasteiger partial charge is 0.338 e. The molecule has 1 heterocycles. The van der Waals surface area contributed by atoms with Gasteiger partial charge in [0.15, 0.2) is 11.5 Å². The lowest BCUT2D eigenvalue weighted by atomic mass is 9.94. The maximum atomic E-state index is 13.1. The maximum absolute atomic E-state index is 13.1. The highest BCUT2D eigenvalue weighted by Gasteiger charge is 2.34.